The van der Waals surface area contributed by atoms with Gasteiger partial charge < -0.3 is 5.73 Å². The number of aromatic nitrogens is 2. The number of rotatable bonds is 7. The normalized spacial score (nSPS) is 11.0. The van der Waals surface area contributed by atoms with Gasteiger partial charge in [-0.3, -0.25) is 4.68 Å². The molecule has 3 nitrogen and oxygen atoms in total. The molecule has 0 unspecified atom stereocenters. The largest absolute Gasteiger partial charge is 0.383 e. The molecule has 114 valence electrons. The van der Waals surface area contributed by atoms with Crippen LogP contribution in [0.1, 0.15) is 44.7 Å². The number of aryl methyl sites for hydroxylation is 2. The molecular weight excluding hydrogens is 265 g/mol. The van der Waals surface area contributed by atoms with Gasteiger partial charge in [-0.15, -0.1) is 0 Å². The molecule has 1 aromatic carbocycles. The summed E-state index contributed by atoms with van der Waals surface area (Å²) < 4.78 is 15.1. The first-order chi connectivity index (χ1) is 10.1. The molecule has 0 spiro atoms. The third kappa shape index (κ3) is 3.84. The molecule has 0 radical (unpaired) electrons. The Morgan fingerprint density at radius 3 is 2.67 bits per heavy atom. The van der Waals surface area contributed by atoms with Gasteiger partial charge in [-0.05, 0) is 30.5 Å². The first-order valence-corrected chi connectivity index (χ1v) is 7.70. The number of hydrogen-bond acceptors (Lipinski definition) is 2. The standard InChI is InChI=1S/C17H24FN3/c1-3-4-5-6-7-11-15-16(17(19)21(2)20-15)13-9-8-10-14(18)12-13/h8-10,12H,3-7,11,19H2,1-2H3. The SMILES string of the molecule is CCCCCCCc1nn(C)c(N)c1-c1cccc(F)c1. The molecule has 2 N–H and O–H groups in total. The van der Waals surface area contributed by atoms with E-state index in [1.54, 1.807) is 10.7 Å². The smallest absolute Gasteiger partial charge is 0.129 e. The zero-order chi connectivity index (χ0) is 15.2. The van der Waals surface area contributed by atoms with Gasteiger partial charge in [-0.25, -0.2) is 4.39 Å². The van der Waals surface area contributed by atoms with Gasteiger partial charge in [-0.1, -0.05) is 44.7 Å². The maximum atomic E-state index is 13.4. The molecular formula is C17H24FN3. The van der Waals surface area contributed by atoms with E-state index in [0.717, 1.165) is 29.7 Å². The van der Waals surface area contributed by atoms with Crippen molar-refractivity contribution in [3.05, 3.63) is 35.8 Å². The Bertz CT molecular complexity index is 590. The van der Waals surface area contributed by atoms with Crippen LogP contribution in [0.15, 0.2) is 24.3 Å². The van der Waals surface area contributed by atoms with Crippen molar-refractivity contribution in [3.8, 4) is 11.1 Å². The second kappa shape index (κ2) is 7.25. The fourth-order valence-corrected chi connectivity index (χ4v) is 2.62. The molecule has 1 heterocycles. The van der Waals surface area contributed by atoms with Crippen LogP contribution in [0.2, 0.25) is 0 Å². The Morgan fingerprint density at radius 1 is 1.19 bits per heavy atom. The van der Waals surface area contributed by atoms with Gasteiger partial charge in [0, 0.05) is 12.6 Å². The lowest BCUT2D eigenvalue weighted by atomic mass is 10.0. The molecule has 0 bridgehead atoms. The van der Waals surface area contributed by atoms with Crippen molar-refractivity contribution in [1.29, 1.82) is 0 Å². The van der Waals surface area contributed by atoms with Gasteiger partial charge >= 0.3 is 0 Å². The lowest BCUT2D eigenvalue weighted by molar-refractivity contribution is 0.622. The van der Waals surface area contributed by atoms with Gasteiger partial charge in [0.2, 0.25) is 0 Å². The number of nitrogens with two attached hydrogens (primary N) is 1. The summed E-state index contributed by atoms with van der Waals surface area (Å²) >= 11 is 0. The Labute approximate surface area is 126 Å². The van der Waals surface area contributed by atoms with Crippen molar-refractivity contribution in [2.45, 2.75) is 45.4 Å². The number of halogens is 1. The zero-order valence-corrected chi connectivity index (χ0v) is 12.9. The highest BCUT2D eigenvalue weighted by Crippen LogP contribution is 2.30. The first-order valence-electron chi connectivity index (χ1n) is 7.70. The Kier molecular flexibility index (Phi) is 5.37. The summed E-state index contributed by atoms with van der Waals surface area (Å²) in [5.74, 6) is 0.355. The van der Waals surface area contributed by atoms with E-state index in [2.05, 4.69) is 12.0 Å². The van der Waals surface area contributed by atoms with E-state index in [-0.39, 0.29) is 5.82 Å². The van der Waals surface area contributed by atoms with Crippen molar-refractivity contribution >= 4 is 5.82 Å². The summed E-state index contributed by atoms with van der Waals surface area (Å²) in [5, 5.41) is 4.50. The minimum atomic E-state index is -0.246. The van der Waals surface area contributed by atoms with E-state index >= 15 is 0 Å². The molecule has 1 aromatic heterocycles. The number of benzene rings is 1. The van der Waals surface area contributed by atoms with Gasteiger partial charge in [0.15, 0.2) is 0 Å². The van der Waals surface area contributed by atoms with Gasteiger partial charge in [0.05, 0.1) is 5.69 Å². The molecule has 0 aliphatic carbocycles. The number of nitrogen functional groups attached to an aromatic ring is 1. The summed E-state index contributed by atoms with van der Waals surface area (Å²) in [6, 6.07) is 6.56. The molecule has 0 aliphatic heterocycles. The van der Waals surface area contributed by atoms with E-state index in [9.17, 15) is 4.39 Å². The van der Waals surface area contributed by atoms with E-state index in [1.165, 1.54) is 37.8 Å². The van der Waals surface area contributed by atoms with Crippen LogP contribution < -0.4 is 5.73 Å². The van der Waals surface area contributed by atoms with Crippen molar-refractivity contribution in [3.63, 3.8) is 0 Å². The highest BCUT2D eigenvalue weighted by atomic mass is 19.1. The number of unbranched alkanes of at least 4 members (excludes halogenated alkanes) is 4. The highest BCUT2D eigenvalue weighted by molar-refractivity contribution is 5.76. The summed E-state index contributed by atoms with van der Waals surface area (Å²) in [5.41, 5.74) is 8.78. The fourth-order valence-electron chi connectivity index (χ4n) is 2.62. The molecule has 0 saturated carbocycles. The lowest BCUT2D eigenvalue weighted by Gasteiger charge is -2.05. The van der Waals surface area contributed by atoms with Gasteiger partial charge in [0.25, 0.3) is 0 Å². The number of nitrogens with zero attached hydrogens (tertiary/aromatic N) is 2. The van der Waals surface area contributed by atoms with Gasteiger partial charge in [-0.2, -0.15) is 5.10 Å². The van der Waals surface area contributed by atoms with E-state index in [4.69, 9.17) is 5.73 Å². The third-order valence-electron chi connectivity index (χ3n) is 3.79. The molecule has 0 atom stereocenters. The lowest BCUT2D eigenvalue weighted by Crippen LogP contribution is -1.98. The second-order valence-corrected chi connectivity index (χ2v) is 5.51. The Morgan fingerprint density at radius 2 is 1.95 bits per heavy atom. The number of anilines is 1. The maximum Gasteiger partial charge on any atom is 0.129 e. The molecule has 4 heteroatoms. The summed E-state index contributed by atoms with van der Waals surface area (Å²) in [6.45, 7) is 2.21. The predicted molar refractivity (Wildman–Crippen MR) is 85.5 cm³/mol. The van der Waals surface area contributed by atoms with Crippen molar-refractivity contribution in [2.75, 3.05) is 5.73 Å². The average molecular weight is 289 g/mol. The quantitative estimate of drug-likeness (QED) is 0.771. The zero-order valence-electron chi connectivity index (χ0n) is 12.9. The van der Waals surface area contributed by atoms with Crippen LogP contribution in [-0.4, -0.2) is 9.78 Å². The molecule has 0 amide bonds. The number of hydrogen-bond donors (Lipinski definition) is 1. The van der Waals surface area contributed by atoms with E-state index in [0.29, 0.717) is 5.82 Å². The second-order valence-electron chi connectivity index (χ2n) is 5.51. The maximum absolute atomic E-state index is 13.4. The predicted octanol–water partition coefficient (Wildman–Crippen LogP) is 4.32. The van der Waals surface area contributed by atoms with Crippen LogP contribution in [0.4, 0.5) is 10.2 Å². The topological polar surface area (TPSA) is 43.8 Å². The molecule has 0 fully saturated rings. The molecule has 0 aliphatic rings. The van der Waals surface area contributed by atoms with E-state index in [1.807, 2.05) is 13.1 Å². The summed E-state index contributed by atoms with van der Waals surface area (Å²) in [7, 11) is 1.83. The highest BCUT2D eigenvalue weighted by Gasteiger charge is 2.15. The van der Waals surface area contributed by atoms with Crippen LogP contribution in [0.25, 0.3) is 11.1 Å². The molecule has 2 rings (SSSR count). The van der Waals surface area contributed by atoms with Crippen molar-refractivity contribution in [2.24, 2.45) is 7.05 Å². The third-order valence-corrected chi connectivity index (χ3v) is 3.79. The van der Waals surface area contributed by atoms with Crippen LogP contribution in [0, 0.1) is 5.82 Å². The van der Waals surface area contributed by atoms with Crippen LogP contribution in [-0.2, 0) is 13.5 Å². The Balaban J connectivity index is 2.16. The van der Waals surface area contributed by atoms with Crippen LogP contribution in [0.3, 0.4) is 0 Å². The Hall–Kier alpha value is -1.84. The first kappa shape index (κ1) is 15.5. The molecule has 0 saturated heterocycles. The minimum absolute atomic E-state index is 0.246. The van der Waals surface area contributed by atoms with Crippen molar-refractivity contribution < 1.29 is 4.39 Å². The van der Waals surface area contributed by atoms with Crippen LogP contribution >= 0.6 is 0 Å². The van der Waals surface area contributed by atoms with E-state index < -0.39 is 0 Å². The molecule has 2 aromatic rings. The van der Waals surface area contributed by atoms with Gasteiger partial charge in [0.1, 0.15) is 11.6 Å². The molecule has 21 heavy (non-hydrogen) atoms. The average Bonchev–Trinajstić information content (AvgIpc) is 2.74. The van der Waals surface area contributed by atoms with Crippen molar-refractivity contribution in [1.82, 2.24) is 9.78 Å². The summed E-state index contributed by atoms with van der Waals surface area (Å²) in [6.07, 6.45) is 6.96. The minimum Gasteiger partial charge on any atom is -0.383 e. The van der Waals surface area contributed by atoms with Crippen LogP contribution in [0.5, 0.6) is 0 Å². The summed E-state index contributed by atoms with van der Waals surface area (Å²) in [4.78, 5) is 0. The fraction of sp³-hybridized carbons (Fsp3) is 0.471. The monoisotopic (exact) mass is 289 g/mol.